The number of fused-ring (bicyclic) bond motifs is 1. The number of hydrogen-bond acceptors (Lipinski definition) is 5. The van der Waals surface area contributed by atoms with E-state index in [1.807, 2.05) is 31.2 Å². The molecule has 1 atom stereocenters. The van der Waals surface area contributed by atoms with Gasteiger partial charge >= 0.3 is 0 Å². The van der Waals surface area contributed by atoms with Crippen molar-refractivity contribution in [3.63, 3.8) is 0 Å². The maximum Gasteiger partial charge on any atom is 0.255 e. The average molecular weight is 466 g/mol. The Morgan fingerprint density at radius 3 is 3.03 bits per heavy atom. The molecular weight excluding hydrogens is 438 g/mol. The van der Waals surface area contributed by atoms with Gasteiger partial charge in [-0.2, -0.15) is 0 Å². The Labute approximate surface area is 198 Å². The lowest BCUT2D eigenvalue weighted by Crippen LogP contribution is -2.31. The highest BCUT2D eigenvalue weighted by Gasteiger charge is 2.29. The van der Waals surface area contributed by atoms with Gasteiger partial charge in [-0.15, -0.1) is 0 Å². The van der Waals surface area contributed by atoms with E-state index < -0.39 is 0 Å². The van der Waals surface area contributed by atoms with E-state index >= 15 is 0 Å². The van der Waals surface area contributed by atoms with Crippen LogP contribution in [-0.4, -0.2) is 53.6 Å². The summed E-state index contributed by atoms with van der Waals surface area (Å²) < 4.78 is 6.28. The molecule has 1 fully saturated rings. The van der Waals surface area contributed by atoms with E-state index in [4.69, 9.17) is 16.3 Å². The molecular formula is C25H28ClN5O2. The summed E-state index contributed by atoms with van der Waals surface area (Å²) in [5.74, 6) is 0.604. The number of aromatic nitrogens is 2. The predicted molar refractivity (Wildman–Crippen MR) is 131 cm³/mol. The second-order valence-corrected chi connectivity index (χ2v) is 9.14. The molecule has 0 saturated carbocycles. The molecule has 0 spiro atoms. The van der Waals surface area contributed by atoms with Gasteiger partial charge in [0.15, 0.2) is 0 Å². The number of likely N-dealkylation sites (N-methyl/N-ethyl adjacent to an activating group) is 1. The lowest BCUT2D eigenvalue weighted by atomic mass is 10.0. The van der Waals surface area contributed by atoms with Crippen molar-refractivity contribution < 1.29 is 9.53 Å². The summed E-state index contributed by atoms with van der Waals surface area (Å²) in [5.41, 5.74) is 5.73. The number of likely N-dealkylation sites (tertiary alicyclic amines) is 1. The molecule has 2 aromatic heterocycles. The van der Waals surface area contributed by atoms with Crippen molar-refractivity contribution in [3.05, 3.63) is 58.5 Å². The van der Waals surface area contributed by atoms with Crippen LogP contribution in [0.4, 0.5) is 11.4 Å². The lowest BCUT2D eigenvalue weighted by molar-refractivity contribution is 0.0947. The maximum absolute atomic E-state index is 12.9. The van der Waals surface area contributed by atoms with Crippen LogP contribution in [0, 0.1) is 6.92 Å². The van der Waals surface area contributed by atoms with Crippen LogP contribution in [0.5, 0.6) is 5.75 Å². The highest BCUT2D eigenvalue weighted by atomic mass is 35.5. The van der Waals surface area contributed by atoms with Gasteiger partial charge in [-0.25, -0.2) is 0 Å². The Balaban J connectivity index is 1.56. The van der Waals surface area contributed by atoms with Crippen LogP contribution in [0.2, 0.25) is 5.02 Å². The number of carbonyl (C=O) groups is 1. The minimum absolute atomic E-state index is 0.0926. The molecule has 0 aliphatic carbocycles. The zero-order valence-electron chi connectivity index (χ0n) is 18.9. The van der Waals surface area contributed by atoms with Crippen molar-refractivity contribution in [1.82, 2.24) is 20.2 Å². The fourth-order valence-corrected chi connectivity index (χ4v) is 4.84. The highest BCUT2D eigenvalue weighted by molar-refractivity contribution is 6.31. The molecule has 2 aliphatic heterocycles. The molecule has 8 heteroatoms. The molecule has 5 rings (SSSR count). The smallest absolute Gasteiger partial charge is 0.255 e. The first-order valence-corrected chi connectivity index (χ1v) is 11.7. The van der Waals surface area contributed by atoms with Crippen molar-refractivity contribution in [1.29, 1.82) is 0 Å². The second-order valence-electron chi connectivity index (χ2n) is 8.73. The number of hydrogen-bond donors (Lipinski definition) is 3. The number of halogens is 1. The Hall–Kier alpha value is -3.03. The highest BCUT2D eigenvalue weighted by Crippen LogP contribution is 2.41. The molecule has 172 valence electrons. The number of nitrogens with one attached hydrogen (secondary N) is 3. The van der Waals surface area contributed by atoms with Gasteiger partial charge in [0.1, 0.15) is 12.4 Å². The monoisotopic (exact) mass is 465 g/mol. The van der Waals surface area contributed by atoms with Crippen LogP contribution >= 0.6 is 11.6 Å². The molecule has 1 saturated heterocycles. The summed E-state index contributed by atoms with van der Waals surface area (Å²) in [6.45, 7) is 4.27. The summed E-state index contributed by atoms with van der Waals surface area (Å²) in [6.07, 6.45) is 6.55. The maximum atomic E-state index is 12.9. The first kappa shape index (κ1) is 21.8. The number of H-pyrrole nitrogens is 1. The van der Waals surface area contributed by atoms with Gasteiger partial charge in [0, 0.05) is 47.2 Å². The van der Waals surface area contributed by atoms with Gasteiger partial charge in [-0.1, -0.05) is 17.7 Å². The van der Waals surface area contributed by atoms with E-state index in [1.54, 1.807) is 12.4 Å². The Kier molecular flexibility index (Phi) is 6.00. The molecule has 3 aromatic rings. The number of pyridine rings is 1. The lowest BCUT2D eigenvalue weighted by Gasteiger charge is -2.21. The molecule has 1 aromatic carbocycles. The number of ether oxygens (including phenoxy) is 1. The van der Waals surface area contributed by atoms with E-state index in [1.165, 1.54) is 6.42 Å². The fourth-order valence-electron chi connectivity index (χ4n) is 4.66. The summed E-state index contributed by atoms with van der Waals surface area (Å²) in [7, 11) is 2.14. The van der Waals surface area contributed by atoms with E-state index in [9.17, 15) is 4.79 Å². The molecule has 3 N–H and O–H groups in total. The van der Waals surface area contributed by atoms with Gasteiger partial charge < -0.3 is 25.3 Å². The molecule has 0 radical (unpaired) electrons. The van der Waals surface area contributed by atoms with E-state index in [0.717, 1.165) is 53.3 Å². The van der Waals surface area contributed by atoms with Crippen molar-refractivity contribution in [2.45, 2.75) is 32.2 Å². The molecule has 2 aliphatic rings. The molecule has 0 unspecified atom stereocenters. The number of rotatable bonds is 6. The topological polar surface area (TPSA) is 82.3 Å². The molecule has 33 heavy (non-hydrogen) atoms. The van der Waals surface area contributed by atoms with E-state index in [-0.39, 0.29) is 5.91 Å². The third-order valence-corrected chi connectivity index (χ3v) is 7.06. The molecule has 0 bridgehead atoms. The van der Waals surface area contributed by atoms with Crippen LogP contribution in [0.3, 0.4) is 0 Å². The van der Waals surface area contributed by atoms with Crippen molar-refractivity contribution in [2.24, 2.45) is 0 Å². The first-order chi connectivity index (χ1) is 16.0. The number of amides is 1. The van der Waals surface area contributed by atoms with Crippen molar-refractivity contribution in [3.8, 4) is 17.0 Å². The van der Waals surface area contributed by atoms with E-state index in [2.05, 4.69) is 32.5 Å². The van der Waals surface area contributed by atoms with Crippen molar-refractivity contribution >= 4 is 28.9 Å². The number of aromatic amines is 1. The normalized spacial score (nSPS) is 18.2. The summed E-state index contributed by atoms with van der Waals surface area (Å²) in [4.78, 5) is 23.0. The number of benzene rings is 1. The number of nitrogens with zero attached hydrogens (tertiary/aromatic N) is 2. The van der Waals surface area contributed by atoms with E-state index in [0.29, 0.717) is 35.5 Å². The van der Waals surface area contributed by atoms with Crippen LogP contribution in [0.25, 0.3) is 11.3 Å². The summed E-state index contributed by atoms with van der Waals surface area (Å²) >= 11 is 6.36. The van der Waals surface area contributed by atoms with Crippen LogP contribution < -0.4 is 15.4 Å². The van der Waals surface area contributed by atoms with Crippen LogP contribution in [0.15, 0.2) is 36.7 Å². The average Bonchev–Trinajstić information content (AvgIpc) is 3.39. The third kappa shape index (κ3) is 4.18. The first-order valence-electron chi connectivity index (χ1n) is 11.4. The van der Waals surface area contributed by atoms with Gasteiger partial charge in [-0.3, -0.25) is 9.78 Å². The zero-order valence-corrected chi connectivity index (χ0v) is 19.6. The minimum Gasteiger partial charge on any atom is -0.490 e. The Morgan fingerprint density at radius 1 is 1.33 bits per heavy atom. The number of anilines is 2. The number of carbonyl (C=O) groups excluding carboxylic acids is 1. The minimum atomic E-state index is -0.0926. The Morgan fingerprint density at radius 2 is 2.21 bits per heavy atom. The zero-order chi connectivity index (χ0) is 22.9. The summed E-state index contributed by atoms with van der Waals surface area (Å²) in [6, 6.07) is 8.05. The quantitative estimate of drug-likeness (QED) is 0.498. The molecule has 1 amide bonds. The second kappa shape index (κ2) is 9.08. The largest absolute Gasteiger partial charge is 0.490 e. The van der Waals surface area contributed by atoms with Crippen molar-refractivity contribution in [2.75, 3.05) is 32.1 Å². The standard InChI is InChI=1S/C25H28ClN5O2/c1-15-18(26)6-3-7-19(15)29-24-22-20(9-11-28-25(22)32)30-23(24)17-8-10-27-13-21(17)33-14-16-5-4-12-31(16)2/h3,6-8,10,13,16,29-30H,4-5,9,11-12,14H2,1-2H3,(H,28,32)/t16-/m0/s1. The Bertz CT molecular complexity index is 1190. The van der Waals surface area contributed by atoms with Crippen LogP contribution in [-0.2, 0) is 6.42 Å². The summed E-state index contributed by atoms with van der Waals surface area (Å²) in [5, 5.41) is 7.12. The molecule has 4 heterocycles. The van der Waals surface area contributed by atoms with Gasteiger partial charge in [0.05, 0.1) is 23.1 Å². The predicted octanol–water partition coefficient (Wildman–Crippen LogP) is 4.54. The van der Waals surface area contributed by atoms with Gasteiger partial charge in [0.25, 0.3) is 5.91 Å². The van der Waals surface area contributed by atoms with Crippen LogP contribution in [0.1, 0.15) is 34.5 Å². The molecule has 7 nitrogen and oxygen atoms in total. The van der Waals surface area contributed by atoms with Gasteiger partial charge in [-0.05, 0) is 57.1 Å². The van der Waals surface area contributed by atoms with Gasteiger partial charge in [0.2, 0.25) is 0 Å². The third-order valence-electron chi connectivity index (χ3n) is 6.65. The fraction of sp³-hybridized carbons (Fsp3) is 0.360. The SMILES string of the molecule is Cc1c(Cl)cccc1Nc1c(-c2ccncc2OC[C@@H]2CCCN2C)[nH]c2c1C(=O)NCC2.